The van der Waals surface area contributed by atoms with Crippen molar-refractivity contribution >= 4 is 22.8 Å². The third kappa shape index (κ3) is 4.97. The van der Waals surface area contributed by atoms with Crippen LogP contribution in [0.4, 0.5) is 19.1 Å². The van der Waals surface area contributed by atoms with Crippen LogP contribution in [0.3, 0.4) is 0 Å². The SMILES string of the molecule is COc1ccc(-c2nc(C(=O)N3CCN(c4ncccn4)[C@H](C)C3)c([C@H](C)N)o2)c2ccc(C(F)(F)F)nc12. The van der Waals surface area contributed by atoms with Gasteiger partial charge in [0.25, 0.3) is 5.91 Å². The van der Waals surface area contributed by atoms with Crippen LogP contribution >= 0.6 is 0 Å². The zero-order valence-electron chi connectivity index (χ0n) is 21.4. The number of alkyl halides is 3. The van der Waals surface area contributed by atoms with Gasteiger partial charge in [0.2, 0.25) is 11.8 Å². The molecule has 0 bridgehead atoms. The van der Waals surface area contributed by atoms with E-state index in [0.29, 0.717) is 36.5 Å². The average molecular weight is 542 g/mol. The van der Waals surface area contributed by atoms with Crippen molar-refractivity contribution in [2.24, 2.45) is 5.73 Å². The molecule has 4 heterocycles. The predicted octanol–water partition coefficient (Wildman–Crippen LogP) is 4.08. The van der Waals surface area contributed by atoms with Gasteiger partial charge in [-0.3, -0.25) is 4.79 Å². The lowest BCUT2D eigenvalue weighted by Gasteiger charge is -2.39. The van der Waals surface area contributed by atoms with Crippen molar-refractivity contribution in [2.45, 2.75) is 32.1 Å². The minimum absolute atomic E-state index is 0.00803. The standard InChI is InChI=1S/C26H26F3N7O3/c1-14-13-35(11-12-36(14)25-31-9-4-10-32-25)24(37)21-22(15(2)30)39-23(34-21)17-5-7-18(38-3)20-16(17)6-8-19(33-20)26(27,28)29/h4-10,14-15H,11-13,30H2,1-3H3/t14-,15+/m1/s1. The molecular formula is C26H26F3N7O3. The maximum Gasteiger partial charge on any atom is 0.433 e. The van der Waals surface area contributed by atoms with Gasteiger partial charge in [-0.15, -0.1) is 0 Å². The first kappa shape index (κ1) is 26.4. The van der Waals surface area contributed by atoms with E-state index in [-0.39, 0.29) is 40.6 Å². The van der Waals surface area contributed by atoms with Crippen LogP contribution < -0.4 is 15.4 Å². The topological polar surface area (TPSA) is 124 Å². The van der Waals surface area contributed by atoms with Crippen LogP contribution in [0.15, 0.2) is 47.1 Å². The highest BCUT2D eigenvalue weighted by molar-refractivity contribution is 5.98. The number of fused-ring (bicyclic) bond motifs is 1. The molecule has 1 amide bonds. The van der Waals surface area contributed by atoms with E-state index in [4.69, 9.17) is 14.9 Å². The molecule has 0 spiro atoms. The minimum atomic E-state index is -4.63. The molecule has 2 N–H and O–H groups in total. The van der Waals surface area contributed by atoms with Gasteiger partial charge in [-0.2, -0.15) is 13.2 Å². The monoisotopic (exact) mass is 541 g/mol. The molecule has 1 fully saturated rings. The summed E-state index contributed by atoms with van der Waals surface area (Å²) in [6, 6.07) is 6.26. The largest absolute Gasteiger partial charge is 0.494 e. The van der Waals surface area contributed by atoms with Crippen LogP contribution in [0.25, 0.3) is 22.4 Å². The average Bonchev–Trinajstić information content (AvgIpc) is 3.37. The number of carbonyl (C=O) groups excluding carboxylic acids is 1. The highest BCUT2D eigenvalue weighted by atomic mass is 19.4. The first-order chi connectivity index (χ1) is 18.6. The summed E-state index contributed by atoms with van der Waals surface area (Å²) in [6.07, 6.45) is -1.30. The van der Waals surface area contributed by atoms with Gasteiger partial charge in [0.1, 0.15) is 17.0 Å². The summed E-state index contributed by atoms with van der Waals surface area (Å²) < 4.78 is 51.2. The van der Waals surface area contributed by atoms with Crippen LogP contribution in [0.5, 0.6) is 5.75 Å². The normalized spacial score (nSPS) is 16.9. The highest BCUT2D eigenvalue weighted by Gasteiger charge is 2.35. The van der Waals surface area contributed by atoms with E-state index in [2.05, 4.69) is 19.9 Å². The van der Waals surface area contributed by atoms with Crippen molar-refractivity contribution in [1.82, 2.24) is 24.8 Å². The number of hydrogen-bond acceptors (Lipinski definition) is 9. The number of oxazole rings is 1. The fraction of sp³-hybridized carbons (Fsp3) is 0.346. The van der Waals surface area contributed by atoms with Crippen molar-refractivity contribution in [2.75, 3.05) is 31.6 Å². The molecule has 0 unspecified atom stereocenters. The molecule has 10 nitrogen and oxygen atoms in total. The molecule has 1 aliphatic heterocycles. The number of nitrogens with zero attached hydrogens (tertiary/aromatic N) is 6. The first-order valence-corrected chi connectivity index (χ1v) is 12.2. The lowest BCUT2D eigenvalue weighted by molar-refractivity contribution is -0.140. The number of amides is 1. The fourth-order valence-corrected chi connectivity index (χ4v) is 4.64. The summed E-state index contributed by atoms with van der Waals surface area (Å²) >= 11 is 0. The van der Waals surface area contributed by atoms with Gasteiger partial charge in [0, 0.05) is 49.0 Å². The third-order valence-corrected chi connectivity index (χ3v) is 6.55. The maximum atomic E-state index is 13.6. The molecule has 2 atom stereocenters. The second kappa shape index (κ2) is 10.1. The van der Waals surface area contributed by atoms with Crippen LogP contribution in [-0.2, 0) is 6.18 Å². The number of rotatable bonds is 5. The van der Waals surface area contributed by atoms with Gasteiger partial charge in [0.05, 0.1) is 13.2 Å². The van der Waals surface area contributed by atoms with Crippen LogP contribution in [0.2, 0.25) is 0 Å². The number of aromatic nitrogens is 4. The molecule has 0 aliphatic carbocycles. The molecule has 1 aliphatic rings. The lowest BCUT2D eigenvalue weighted by atomic mass is 10.1. The Hall–Kier alpha value is -4.26. The van der Waals surface area contributed by atoms with Gasteiger partial charge in [0.15, 0.2) is 11.5 Å². The molecule has 0 radical (unpaired) electrons. The zero-order valence-corrected chi connectivity index (χ0v) is 21.4. The smallest absolute Gasteiger partial charge is 0.433 e. The summed E-state index contributed by atoms with van der Waals surface area (Å²) in [7, 11) is 1.34. The molecule has 13 heteroatoms. The molecular weight excluding hydrogens is 515 g/mol. The van der Waals surface area contributed by atoms with Crippen molar-refractivity contribution in [1.29, 1.82) is 0 Å². The van der Waals surface area contributed by atoms with Crippen molar-refractivity contribution in [3.63, 3.8) is 0 Å². The van der Waals surface area contributed by atoms with E-state index in [1.54, 1.807) is 36.4 Å². The van der Waals surface area contributed by atoms with Crippen LogP contribution in [-0.4, -0.2) is 63.5 Å². The van der Waals surface area contributed by atoms with E-state index in [1.165, 1.54) is 19.2 Å². The highest BCUT2D eigenvalue weighted by Crippen LogP contribution is 2.37. The number of pyridine rings is 1. The molecule has 39 heavy (non-hydrogen) atoms. The summed E-state index contributed by atoms with van der Waals surface area (Å²) in [5.41, 5.74) is 5.48. The Morgan fingerprint density at radius 2 is 1.90 bits per heavy atom. The number of ether oxygens (including phenoxy) is 1. The van der Waals surface area contributed by atoms with Crippen molar-refractivity contribution in [3.05, 3.63) is 59.9 Å². The molecule has 4 aromatic rings. The van der Waals surface area contributed by atoms with Crippen molar-refractivity contribution in [3.8, 4) is 17.2 Å². The Kier molecular flexibility index (Phi) is 6.85. The Morgan fingerprint density at radius 3 is 2.54 bits per heavy atom. The zero-order chi connectivity index (χ0) is 27.9. The number of hydrogen-bond donors (Lipinski definition) is 1. The number of piperazine rings is 1. The van der Waals surface area contributed by atoms with E-state index < -0.39 is 17.9 Å². The number of halogens is 3. The van der Waals surface area contributed by atoms with E-state index in [1.807, 2.05) is 11.8 Å². The number of anilines is 1. The van der Waals surface area contributed by atoms with Crippen LogP contribution in [0.1, 0.15) is 41.8 Å². The second-order valence-corrected chi connectivity index (χ2v) is 9.27. The predicted molar refractivity (Wildman–Crippen MR) is 136 cm³/mol. The van der Waals surface area contributed by atoms with Gasteiger partial charge in [-0.25, -0.2) is 19.9 Å². The van der Waals surface area contributed by atoms with Gasteiger partial charge in [-0.05, 0) is 44.2 Å². The van der Waals surface area contributed by atoms with Gasteiger partial charge in [-0.1, -0.05) is 0 Å². The van der Waals surface area contributed by atoms with Crippen LogP contribution in [0, 0.1) is 0 Å². The molecule has 5 rings (SSSR count). The van der Waals surface area contributed by atoms with Crippen molar-refractivity contribution < 1.29 is 27.1 Å². The number of methoxy groups -OCH3 is 1. The Labute approximate surface area is 221 Å². The summed E-state index contributed by atoms with van der Waals surface area (Å²) in [5, 5.41) is 0.323. The third-order valence-electron chi connectivity index (χ3n) is 6.55. The molecule has 3 aromatic heterocycles. The Balaban J connectivity index is 1.50. The molecule has 204 valence electrons. The molecule has 1 saturated heterocycles. The Bertz CT molecular complexity index is 1510. The summed E-state index contributed by atoms with van der Waals surface area (Å²) in [5.74, 6) is 0.618. The van der Waals surface area contributed by atoms with Gasteiger partial charge >= 0.3 is 6.18 Å². The summed E-state index contributed by atoms with van der Waals surface area (Å²) in [6.45, 7) is 4.95. The Morgan fingerprint density at radius 1 is 1.15 bits per heavy atom. The quantitative estimate of drug-likeness (QED) is 0.398. The van der Waals surface area contributed by atoms with E-state index in [0.717, 1.165) is 6.07 Å². The number of benzene rings is 1. The number of nitrogens with two attached hydrogens (primary N) is 1. The lowest BCUT2D eigenvalue weighted by Crippen LogP contribution is -2.54. The maximum absolute atomic E-state index is 13.6. The molecule has 1 aromatic carbocycles. The fourth-order valence-electron chi connectivity index (χ4n) is 4.64. The van der Waals surface area contributed by atoms with E-state index in [9.17, 15) is 18.0 Å². The minimum Gasteiger partial charge on any atom is -0.494 e. The first-order valence-electron chi connectivity index (χ1n) is 12.2. The molecule has 0 saturated carbocycles. The number of carbonyl (C=O) groups is 1. The summed E-state index contributed by atoms with van der Waals surface area (Å²) in [4.78, 5) is 34.2. The second-order valence-electron chi connectivity index (χ2n) is 9.27. The van der Waals surface area contributed by atoms with E-state index >= 15 is 0 Å². The van der Waals surface area contributed by atoms with Gasteiger partial charge < -0.3 is 24.7 Å².